The molecule has 0 saturated carbocycles. The van der Waals surface area contributed by atoms with Crippen LogP contribution in [0.2, 0.25) is 0 Å². The minimum atomic E-state index is -1.13. The molecule has 0 saturated heterocycles. The molecule has 0 aromatic heterocycles. The highest BCUT2D eigenvalue weighted by atomic mass is 16.5. The molecule has 3 N–H and O–H groups in total. The summed E-state index contributed by atoms with van der Waals surface area (Å²) in [6, 6.07) is 0. The van der Waals surface area contributed by atoms with Crippen LogP contribution in [0, 0.1) is 23.7 Å². The molecule has 0 fully saturated rings. The van der Waals surface area contributed by atoms with Crippen LogP contribution < -0.4 is 0 Å². The van der Waals surface area contributed by atoms with Crippen LogP contribution in [0.4, 0.5) is 0 Å². The van der Waals surface area contributed by atoms with E-state index in [2.05, 4.69) is 17.8 Å². The molecule has 0 aromatic carbocycles. The number of carbonyl (C=O) groups is 1. The molecule has 0 aliphatic rings. The Hall–Kier alpha value is -1.61. The highest BCUT2D eigenvalue weighted by Gasteiger charge is 2.04. The Labute approximate surface area is 244 Å². The summed E-state index contributed by atoms with van der Waals surface area (Å²) in [5, 5.41) is 27.0. The van der Waals surface area contributed by atoms with Gasteiger partial charge in [-0.25, -0.2) is 4.79 Å². The van der Waals surface area contributed by atoms with Crippen LogP contribution in [0.25, 0.3) is 0 Å². The van der Waals surface area contributed by atoms with E-state index in [1.54, 1.807) is 0 Å². The van der Waals surface area contributed by atoms with E-state index in [0.29, 0.717) is 39.6 Å². The Bertz CT molecular complexity index is 659. The number of rotatable bonds is 30. The molecule has 7 nitrogen and oxygen atoms in total. The molecule has 7 heteroatoms. The Morgan fingerprint density at radius 3 is 1.48 bits per heavy atom. The second kappa shape index (κ2) is 33.6. The van der Waals surface area contributed by atoms with Gasteiger partial charge < -0.3 is 29.5 Å². The zero-order valence-corrected chi connectivity index (χ0v) is 25.1. The number of aliphatic hydroxyl groups excluding tert-OH is 2. The summed E-state index contributed by atoms with van der Waals surface area (Å²) in [6.07, 6.45) is 24.5. The summed E-state index contributed by atoms with van der Waals surface area (Å²) >= 11 is 0. The second-order valence-electron chi connectivity index (χ2n) is 10.4. The number of hydrogen-bond donors (Lipinski definition) is 3. The first kappa shape index (κ1) is 38.4. The summed E-state index contributed by atoms with van der Waals surface area (Å²) < 4.78 is 15.9. The highest BCUT2D eigenvalue weighted by molar-refractivity contribution is 5.87. The molecule has 1 unspecified atom stereocenters. The standard InChI is InChI=1S/C33H58O7/c34-25-26-38-27-28-39-29-30-40-31-32(35)23-21-19-17-15-13-11-9-7-5-3-1-2-4-6-8-10-12-14-16-18-20-22-24-33(36)37/h32,34-35H,1-17,19,21,23,25-31H2,(H,36,37). The molecule has 40 heavy (non-hydrogen) atoms. The van der Waals surface area contributed by atoms with Gasteiger partial charge in [0.15, 0.2) is 0 Å². The average Bonchev–Trinajstić information content (AvgIpc) is 2.94. The maximum Gasteiger partial charge on any atom is 0.382 e. The lowest BCUT2D eigenvalue weighted by atomic mass is 10.0. The Morgan fingerprint density at radius 2 is 1.00 bits per heavy atom. The quantitative estimate of drug-likeness (QED) is 0.0694. The molecular formula is C33H58O7. The second-order valence-corrected chi connectivity index (χ2v) is 10.4. The van der Waals surface area contributed by atoms with Crippen LogP contribution in [0.5, 0.6) is 0 Å². The zero-order chi connectivity index (χ0) is 29.2. The summed E-state index contributed by atoms with van der Waals surface area (Å²) in [6.45, 7) is 2.69. The number of ether oxygens (including phenoxy) is 3. The fraction of sp³-hybridized carbons (Fsp3) is 0.848. The van der Waals surface area contributed by atoms with Gasteiger partial charge in [-0.15, -0.1) is 0 Å². The predicted molar refractivity (Wildman–Crippen MR) is 161 cm³/mol. The van der Waals surface area contributed by atoms with Crippen molar-refractivity contribution in [2.45, 2.75) is 135 Å². The van der Waals surface area contributed by atoms with Gasteiger partial charge in [0.2, 0.25) is 0 Å². The largest absolute Gasteiger partial charge is 0.472 e. The van der Waals surface area contributed by atoms with Gasteiger partial charge in [0, 0.05) is 12.3 Å². The molecule has 0 heterocycles. The minimum Gasteiger partial charge on any atom is -0.472 e. The van der Waals surface area contributed by atoms with Gasteiger partial charge in [-0.05, 0) is 24.7 Å². The number of aliphatic hydroxyl groups is 2. The third-order valence-corrected chi connectivity index (χ3v) is 6.70. The average molecular weight is 567 g/mol. The Kier molecular flexibility index (Phi) is 32.2. The molecule has 0 rings (SSSR count). The van der Waals surface area contributed by atoms with Crippen LogP contribution in [-0.4, -0.2) is 73.6 Å². The molecule has 0 radical (unpaired) electrons. The number of carboxylic acids is 1. The van der Waals surface area contributed by atoms with Gasteiger partial charge in [0.05, 0.1) is 52.4 Å². The first-order valence-electron chi connectivity index (χ1n) is 15.9. The molecule has 0 aromatic rings. The van der Waals surface area contributed by atoms with E-state index in [9.17, 15) is 9.90 Å². The highest BCUT2D eigenvalue weighted by Crippen LogP contribution is 2.15. The van der Waals surface area contributed by atoms with Crippen LogP contribution >= 0.6 is 0 Å². The van der Waals surface area contributed by atoms with Gasteiger partial charge in [-0.2, -0.15) is 0 Å². The van der Waals surface area contributed by atoms with E-state index >= 15 is 0 Å². The number of carboxylic acid groups (broad SMARTS) is 1. The van der Waals surface area contributed by atoms with Gasteiger partial charge in [-0.1, -0.05) is 115 Å². The van der Waals surface area contributed by atoms with E-state index in [1.807, 2.05) is 5.92 Å². The Balaban J connectivity index is 3.18. The molecular weight excluding hydrogens is 508 g/mol. The Morgan fingerprint density at radius 1 is 0.575 bits per heavy atom. The van der Waals surface area contributed by atoms with E-state index in [-0.39, 0.29) is 12.7 Å². The summed E-state index contributed by atoms with van der Waals surface area (Å²) in [4.78, 5) is 10.2. The first-order valence-corrected chi connectivity index (χ1v) is 15.9. The minimum absolute atomic E-state index is 0.0316. The van der Waals surface area contributed by atoms with E-state index in [1.165, 1.54) is 103 Å². The predicted octanol–water partition coefficient (Wildman–Crippen LogP) is 6.28. The van der Waals surface area contributed by atoms with Crippen molar-refractivity contribution in [1.29, 1.82) is 0 Å². The van der Waals surface area contributed by atoms with Crippen molar-refractivity contribution in [3.05, 3.63) is 0 Å². The normalized spacial score (nSPS) is 11.4. The van der Waals surface area contributed by atoms with Crippen LogP contribution in [0.3, 0.4) is 0 Å². The molecule has 232 valence electrons. The van der Waals surface area contributed by atoms with E-state index in [4.69, 9.17) is 24.4 Å². The third kappa shape index (κ3) is 34.4. The van der Waals surface area contributed by atoms with Gasteiger partial charge in [0.1, 0.15) is 0 Å². The smallest absolute Gasteiger partial charge is 0.382 e. The van der Waals surface area contributed by atoms with Crippen molar-refractivity contribution >= 4 is 5.97 Å². The molecule has 0 bridgehead atoms. The summed E-state index contributed by atoms with van der Waals surface area (Å²) in [5.74, 6) is 8.69. The van der Waals surface area contributed by atoms with E-state index in [0.717, 1.165) is 25.7 Å². The van der Waals surface area contributed by atoms with Gasteiger partial charge in [-0.3, -0.25) is 0 Å². The van der Waals surface area contributed by atoms with Crippen LogP contribution in [-0.2, 0) is 19.0 Å². The van der Waals surface area contributed by atoms with Crippen LogP contribution in [0.1, 0.15) is 128 Å². The van der Waals surface area contributed by atoms with Crippen molar-refractivity contribution in [2.24, 2.45) is 0 Å². The number of aliphatic carboxylic acids is 1. The van der Waals surface area contributed by atoms with Gasteiger partial charge >= 0.3 is 5.97 Å². The zero-order valence-electron chi connectivity index (χ0n) is 25.1. The molecule has 0 aliphatic heterocycles. The van der Waals surface area contributed by atoms with Crippen molar-refractivity contribution in [3.63, 3.8) is 0 Å². The maximum absolute atomic E-state index is 10.2. The lowest BCUT2D eigenvalue weighted by molar-refractivity contribution is -0.130. The van der Waals surface area contributed by atoms with Crippen molar-refractivity contribution in [3.8, 4) is 23.7 Å². The fourth-order valence-electron chi connectivity index (χ4n) is 4.42. The topological polar surface area (TPSA) is 105 Å². The molecule has 0 aliphatic carbocycles. The molecule has 0 amide bonds. The van der Waals surface area contributed by atoms with Crippen molar-refractivity contribution in [2.75, 3.05) is 46.2 Å². The fourth-order valence-corrected chi connectivity index (χ4v) is 4.42. The summed E-state index contributed by atoms with van der Waals surface area (Å²) in [7, 11) is 0. The number of hydrogen-bond acceptors (Lipinski definition) is 6. The lowest BCUT2D eigenvalue weighted by Crippen LogP contribution is -2.18. The molecule has 1 atom stereocenters. The maximum atomic E-state index is 10.2. The first-order chi connectivity index (χ1) is 19.7. The van der Waals surface area contributed by atoms with Crippen LogP contribution in [0.15, 0.2) is 0 Å². The number of unbranched alkanes of at least 4 members (excludes halogenated alkanes) is 18. The van der Waals surface area contributed by atoms with Gasteiger partial charge in [0.25, 0.3) is 0 Å². The van der Waals surface area contributed by atoms with Crippen molar-refractivity contribution in [1.82, 2.24) is 0 Å². The lowest BCUT2D eigenvalue weighted by Gasteiger charge is -2.11. The third-order valence-electron chi connectivity index (χ3n) is 6.70. The monoisotopic (exact) mass is 566 g/mol. The SMILES string of the molecule is O=C(O)C#CC#CCCCCCCCCCCCCCCCCCCCCC(O)COCCOCCOCCO. The van der Waals surface area contributed by atoms with Crippen molar-refractivity contribution < 1.29 is 34.3 Å². The molecule has 0 spiro atoms. The van der Waals surface area contributed by atoms with E-state index < -0.39 is 5.97 Å². The summed E-state index contributed by atoms with van der Waals surface area (Å²) in [5.41, 5.74) is 0.